The molecule has 5 nitrogen and oxygen atoms in total. The van der Waals surface area contributed by atoms with E-state index in [2.05, 4.69) is 9.80 Å². The number of nitrogens with zero attached hydrogens (tertiary/aromatic N) is 2. The monoisotopic (exact) mass is 330 g/mol. The van der Waals surface area contributed by atoms with Gasteiger partial charge in [0.1, 0.15) is 13.2 Å². The van der Waals surface area contributed by atoms with Gasteiger partial charge in [-0.1, -0.05) is 6.07 Å². The minimum Gasteiger partial charge on any atom is -0.486 e. The zero-order chi connectivity index (χ0) is 16.5. The molecule has 2 unspecified atom stereocenters. The molecule has 0 aliphatic carbocycles. The fourth-order valence-corrected chi connectivity index (χ4v) is 4.15. The van der Waals surface area contributed by atoms with Gasteiger partial charge in [-0.2, -0.15) is 0 Å². The van der Waals surface area contributed by atoms with Crippen molar-refractivity contribution < 1.29 is 14.3 Å². The van der Waals surface area contributed by atoms with Crippen LogP contribution in [0.5, 0.6) is 11.5 Å². The smallest absolute Gasteiger partial charge is 0.229 e. The van der Waals surface area contributed by atoms with Gasteiger partial charge in [0, 0.05) is 25.7 Å². The van der Waals surface area contributed by atoms with E-state index in [-0.39, 0.29) is 11.8 Å². The molecule has 5 heteroatoms. The van der Waals surface area contributed by atoms with E-state index in [0.29, 0.717) is 19.3 Å². The van der Waals surface area contributed by atoms with E-state index in [1.807, 2.05) is 25.1 Å². The molecule has 4 rings (SSSR count). The van der Waals surface area contributed by atoms with Gasteiger partial charge in [-0.15, -0.1) is 0 Å². The molecule has 24 heavy (non-hydrogen) atoms. The molecule has 130 valence electrons. The molecular weight excluding hydrogens is 304 g/mol. The van der Waals surface area contributed by atoms with Crippen molar-refractivity contribution in [2.24, 2.45) is 0 Å². The van der Waals surface area contributed by atoms with Gasteiger partial charge in [0.2, 0.25) is 5.91 Å². The summed E-state index contributed by atoms with van der Waals surface area (Å²) in [7, 11) is 0. The topological polar surface area (TPSA) is 42.0 Å². The molecule has 1 aromatic rings. The van der Waals surface area contributed by atoms with Crippen LogP contribution < -0.4 is 9.47 Å². The predicted molar refractivity (Wildman–Crippen MR) is 91.6 cm³/mol. The molecule has 1 aromatic carbocycles. The van der Waals surface area contributed by atoms with Crippen molar-refractivity contribution in [3.63, 3.8) is 0 Å². The van der Waals surface area contributed by atoms with Crippen LogP contribution in [0.2, 0.25) is 0 Å². The van der Waals surface area contributed by atoms with Crippen molar-refractivity contribution in [3.05, 3.63) is 23.8 Å². The highest BCUT2D eigenvalue weighted by atomic mass is 16.6. The third-order valence-electron chi connectivity index (χ3n) is 5.55. The quantitative estimate of drug-likeness (QED) is 0.834. The summed E-state index contributed by atoms with van der Waals surface area (Å²) in [5, 5.41) is 0. The van der Waals surface area contributed by atoms with Gasteiger partial charge in [-0.3, -0.25) is 9.69 Å². The highest BCUT2D eigenvalue weighted by Gasteiger charge is 2.32. The summed E-state index contributed by atoms with van der Waals surface area (Å²) in [6, 6.07) is 6.45. The number of benzene rings is 1. The number of hydrogen-bond donors (Lipinski definition) is 0. The number of rotatable bonds is 2. The zero-order valence-corrected chi connectivity index (χ0v) is 14.4. The fraction of sp³-hybridized carbons (Fsp3) is 0.632. The highest BCUT2D eigenvalue weighted by Crippen LogP contribution is 2.34. The van der Waals surface area contributed by atoms with Gasteiger partial charge in [-0.25, -0.2) is 0 Å². The van der Waals surface area contributed by atoms with Crippen LogP contribution in [-0.2, 0) is 4.79 Å². The second-order valence-corrected chi connectivity index (χ2v) is 7.09. The van der Waals surface area contributed by atoms with Crippen molar-refractivity contribution in [2.75, 3.05) is 39.4 Å². The van der Waals surface area contributed by atoms with Crippen molar-refractivity contribution in [3.8, 4) is 11.5 Å². The fourth-order valence-electron chi connectivity index (χ4n) is 4.15. The summed E-state index contributed by atoms with van der Waals surface area (Å²) in [4.78, 5) is 17.7. The van der Waals surface area contributed by atoms with Gasteiger partial charge in [0.15, 0.2) is 11.5 Å². The average molecular weight is 330 g/mol. The van der Waals surface area contributed by atoms with Gasteiger partial charge in [-0.05, 0) is 50.4 Å². The molecule has 0 radical (unpaired) electrons. The van der Waals surface area contributed by atoms with E-state index in [9.17, 15) is 4.79 Å². The molecule has 0 N–H and O–H groups in total. The second-order valence-electron chi connectivity index (χ2n) is 7.09. The number of amides is 1. The minimum atomic E-state index is -0.145. The summed E-state index contributed by atoms with van der Waals surface area (Å²) in [5.41, 5.74) is 1.01. The Bertz CT molecular complexity index is 619. The molecule has 0 aromatic heterocycles. The summed E-state index contributed by atoms with van der Waals surface area (Å²) in [6.07, 6.45) is 3.57. The Morgan fingerprint density at radius 2 is 1.92 bits per heavy atom. The molecule has 3 aliphatic rings. The average Bonchev–Trinajstić information content (AvgIpc) is 2.96. The number of carbonyl (C=O) groups is 1. The third-order valence-corrected chi connectivity index (χ3v) is 5.55. The molecule has 0 spiro atoms. The molecule has 2 saturated heterocycles. The molecule has 3 heterocycles. The second kappa shape index (κ2) is 6.63. The van der Waals surface area contributed by atoms with Crippen LogP contribution in [0.3, 0.4) is 0 Å². The Kier molecular flexibility index (Phi) is 4.35. The Balaban J connectivity index is 1.49. The Morgan fingerprint density at radius 3 is 2.79 bits per heavy atom. The van der Waals surface area contributed by atoms with E-state index < -0.39 is 0 Å². The number of carbonyl (C=O) groups excluding carboxylic acids is 1. The zero-order valence-electron chi connectivity index (χ0n) is 14.4. The van der Waals surface area contributed by atoms with Crippen LogP contribution in [0.4, 0.5) is 0 Å². The normalized spacial score (nSPS) is 25.0. The number of hydrogen-bond acceptors (Lipinski definition) is 4. The summed E-state index contributed by atoms with van der Waals surface area (Å²) < 4.78 is 11.2. The van der Waals surface area contributed by atoms with Crippen LogP contribution in [-0.4, -0.2) is 61.1 Å². The Morgan fingerprint density at radius 1 is 1.12 bits per heavy atom. The van der Waals surface area contributed by atoms with E-state index in [0.717, 1.165) is 43.1 Å². The Labute approximate surface area is 143 Å². The molecule has 0 saturated carbocycles. The first-order chi connectivity index (χ1) is 11.7. The van der Waals surface area contributed by atoms with Crippen molar-refractivity contribution >= 4 is 5.91 Å². The van der Waals surface area contributed by atoms with Crippen molar-refractivity contribution in [1.29, 1.82) is 0 Å². The van der Waals surface area contributed by atoms with Crippen LogP contribution in [0.1, 0.15) is 37.7 Å². The van der Waals surface area contributed by atoms with E-state index >= 15 is 0 Å². The molecular formula is C19H26N2O3. The Hall–Kier alpha value is -1.75. The molecule has 3 aliphatic heterocycles. The van der Waals surface area contributed by atoms with Crippen molar-refractivity contribution in [1.82, 2.24) is 9.80 Å². The number of fused-ring (bicyclic) bond motifs is 2. The molecule has 0 bridgehead atoms. The molecule has 2 atom stereocenters. The predicted octanol–water partition coefficient (Wildman–Crippen LogP) is 2.26. The number of ether oxygens (including phenoxy) is 2. The van der Waals surface area contributed by atoms with Crippen LogP contribution in [0.25, 0.3) is 0 Å². The molecule has 2 fully saturated rings. The summed E-state index contributed by atoms with van der Waals surface area (Å²) >= 11 is 0. The SMILES string of the molecule is CC(C(=O)N1CCCN2CCCC2C1)c1ccc2c(c1)OCCO2. The first-order valence-electron chi connectivity index (χ1n) is 9.15. The maximum Gasteiger partial charge on any atom is 0.229 e. The first kappa shape index (κ1) is 15.8. The maximum atomic E-state index is 13.0. The van der Waals surface area contributed by atoms with Gasteiger partial charge in [0.25, 0.3) is 0 Å². The summed E-state index contributed by atoms with van der Waals surface area (Å²) in [5.74, 6) is 1.63. The van der Waals surface area contributed by atoms with Crippen LogP contribution >= 0.6 is 0 Å². The van der Waals surface area contributed by atoms with Crippen molar-refractivity contribution in [2.45, 2.75) is 38.1 Å². The highest BCUT2D eigenvalue weighted by molar-refractivity contribution is 5.83. The van der Waals surface area contributed by atoms with E-state index in [4.69, 9.17) is 9.47 Å². The minimum absolute atomic E-state index is 0.145. The first-order valence-corrected chi connectivity index (χ1v) is 9.15. The van der Waals surface area contributed by atoms with Gasteiger partial charge in [0.05, 0.1) is 5.92 Å². The summed E-state index contributed by atoms with van der Waals surface area (Å²) in [6.45, 7) is 7.26. The van der Waals surface area contributed by atoms with Crippen LogP contribution in [0.15, 0.2) is 18.2 Å². The largest absolute Gasteiger partial charge is 0.486 e. The lowest BCUT2D eigenvalue weighted by Crippen LogP contribution is -2.41. The van der Waals surface area contributed by atoms with E-state index in [1.54, 1.807) is 0 Å². The van der Waals surface area contributed by atoms with Gasteiger partial charge >= 0.3 is 0 Å². The molecule has 1 amide bonds. The third kappa shape index (κ3) is 2.97. The lowest BCUT2D eigenvalue weighted by molar-refractivity contribution is -0.132. The van der Waals surface area contributed by atoms with Crippen LogP contribution in [0, 0.1) is 0 Å². The van der Waals surface area contributed by atoms with E-state index in [1.165, 1.54) is 19.4 Å². The van der Waals surface area contributed by atoms with Gasteiger partial charge < -0.3 is 14.4 Å². The lowest BCUT2D eigenvalue weighted by Gasteiger charge is -2.28. The maximum absolute atomic E-state index is 13.0. The standard InChI is InChI=1S/C19H26N2O3/c1-14(15-5-6-17-18(12-15)24-11-10-23-17)19(22)21-9-3-8-20-7-2-4-16(20)13-21/h5-6,12,14,16H,2-4,7-11,13H2,1H3. The lowest BCUT2D eigenvalue weighted by atomic mass is 9.98.